The van der Waals surface area contributed by atoms with E-state index in [4.69, 9.17) is 5.11 Å². The number of carbonyl (C=O) groups excluding carboxylic acids is 1. The third kappa shape index (κ3) is 2.99. The van der Waals surface area contributed by atoms with Crippen molar-refractivity contribution in [2.24, 2.45) is 23.2 Å². The molecule has 4 aliphatic rings. The van der Waals surface area contributed by atoms with Gasteiger partial charge in [-0.05, 0) is 79.9 Å². The second-order valence-electron chi connectivity index (χ2n) is 8.11. The fraction of sp³-hybridized carbons (Fsp3) is 0.579. The van der Waals surface area contributed by atoms with Gasteiger partial charge in [-0.3, -0.25) is 0 Å². The maximum Gasteiger partial charge on any atom is 0.335 e. The van der Waals surface area contributed by atoms with Crippen LogP contribution in [0.25, 0.3) is 0 Å². The first-order valence-electron chi connectivity index (χ1n) is 8.90. The summed E-state index contributed by atoms with van der Waals surface area (Å²) in [6.07, 6.45) is 7.96. The molecule has 128 valence electrons. The summed E-state index contributed by atoms with van der Waals surface area (Å²) in [7, 11) is 0. The van der Waals surface area contributed by atoms with Crippen LogP contribution in [0.15, 0.2) is 24.3 Å². The molecule has 0 spiro atoms. The highest BCUT2D eigenvalue weighted by molar-refractivity contribution is 5.93. The Hall–Kier alpha value is -2.04. The third-order valence-corrected chi connectivity index (χ3v) is 6.16. The highest BCUT2D eigenvalue weighted by Gasteiger charge is 2.50. The maximum atomic E-state index is 12.2. The molecule has 0 aliphatic heterocycles. The van der Waals surface area contributed by atoms with Gasteiger partial charge < -0.3 is 15.7 Å². The molecule has 1 aromatic rings. The van der Waals surface area contributed by atoms with E-state index in [1.165, 1.54) is 50.7 Å². The van der Waals surface area contributed by atoms with Crippen molar-refractivity contribution in [2.75, 3.05) is 11.9 Å². The van der Waals surface area contributed by atoms with Gasteiger partial charge in [0.15, 0.2) is 0 Å². The number of carboxylic acid groups (broad SMARTS) is 1. The van der Waals surface area contributed by atoms with Crippen LogP contribution < -0.4 is 10.6 Å². The van der Waals surface area contributed by atoms with Gasteiger partial charge >= 0.3 is 12.0 Å². The highest BCUT2D eigenvalue weighted by atomic mass is 16.4. The molecule has 3 N–H and O–H groups in total. The number of rotatable bonds is 4. The zero-order valence-electron chi connectivity index (χ0n) is 13.8. The van der Waals surface area contributed by atoms with Gasteiger partial charge in [0.2, 0.25) is 0 Å². The van der Waals surface area contributed by atoms with Gasteiger partial charge in [-0.15, -0.1) is 0 Å². The number of hydrogen-bond donors (Lipinski definition) is 3. The van der Waals surface area contributed by atoms with E-state index in [1.54, 1.807) is 12.1 Å². The Morgan fingerprint density at radius 3 is 2.29 bits per heavy atom. The lowest BCUT2D eigenvalue weighted by Crippen LogP contribution is -2.51. The monoisotopic (exact) mass is 328 g/mol. The average Bonchev–Trinajstić information content (AvgIpc) is 2.52. The van der Waals surface area contributed by atoms with E-state index in [9.17, 15) is 9.59 Å². The number of benzene rings is 1. The van der Waals surface area contributed by atoms with Gasteiger partial charge in [0, 0.05) is 12.2 Å². The van der Waals surface area contributed by atoms with Crippen molar-refractivity contribution < 1.29 is 14.7 Å². The summed E-state index contributed by atoms with van der Waals surface area (Å²) < 4.78 is 0. The lowest BCUT2D eigenvalue weighted by molar-refractivity contribution is -0.0496. The molecule has 4 fully saturated rings. The molecule has 0 unspecified atom stereocenters. The van der Waals surface area contributed by atoms with E-state index >= 15 is 0 Å². The minimum absolute atomic E-state index is 0.175. The standard InChI is InChI=1S/C19H24N2O3/c22-17(23)15-2-1-3-16(7-15)21-18(24)20-11-19-8-12-4-13(9-19)6-14(5-12)10-19/h1-3,7,12-14H,4-6,8-11H2,(H,22,23)(H2,20,21,24). The summed E-state index contributed by atoms with van der Waals surface area (Å²) in [5.41, 5.74) is 0.987. The molecule has 5 rings (SSSR count). The summed E-state index contributed by atoms with van der Waals surface area (Å²) in [4.78, 5) is 23.2. The molecule has 0 saturated heterocycles. The minimum atomic E-state index is -0.993. The Bertz CT molecular complexity index is 635. The van der Waals surface area contributed by atoms with Gasteiger partial charge in [0.1, 0.15) is 0 Å². The molecule has 0 radical (unpaired) electrons. The van der Waals surface area contributed by atoms with Crippen molar-refractivity contribution in [1.29, 1.82) is 0 Å². The fourth-order valence-corrected chi connectivity index (χ4v) is 5.68. The lowest BCUT2D eigenvalue weighted by atomic mass is 9.49. The molecule has 2 amide bonds. The SMILES string of the molecule is O=C(NCC12CC3CC(CC(C3)C1)C2)Nc1cccc(C(=O)O)c1. The number of carboxylic acids is 1. The van der Waals surface area contributed by atoms with Crippen molar-refractivity contribution in [3.8, 4) is 0 Å². The van der Waals surface area contributed by atoms with Crippen LogP contribution >= 0.6 is 0 Å². The smallest absolute Gasteiger partial charge is 0.335 e. The van der Waals surface area contributed by atoms with Crippen LogP contribution in [-0.2, 0) is 0 Å². The largest absolute Gasteiger partial charge is 0.478 e. The topological polar surface area (TPSA) is 78.4 Å². The van der Waals surface area contributed by atoms with Gasteiger partial charge in [0.25, 0.3) is 0 Å². The average molecular weight is 328 g/mol. The number of urea groups is 1. The van der Waals surface area contributed by atoms with Crippen molar-refractivity contribution in [2.45, 2.75) is 38.5 Å². The van der Waals surface area contributed by atoms with Crippen LogP contribution in [0.3, 0.4) is 0 Å². The quantitative estimate of drug-likeness (QED) is 0.788. The normalized spacial score (nSPS) is 33.2. The van der Waals surface area contributed by atoms with Crippen LogP contribution in [0, 0.1) is 23.2 Å². The van der Waals surface area contributed by atoms with E-state index in [0.29, 0.717) is 11.1 Å². The van der Waals surface area contributed by atoms with Crippen LogP contribution in [0.4, 0.5) is 10.5 Å². The van der Waals surface area contributed by atoms with Crippen LogP contribution in [0.1, 0.15) is 48.9 Å². The van der Waals surface area contributed by atoms with E-state index < -0.39 is 5.97 Å². The zero-order valence-corrected chi connectivity index (χ0v) is 13.8. The third-order valence-electron chi connectivity index (χ3n) is 6.16. The van der Waals surface area contributed by atoms with Crippen LogP contribution in [0.2, 0.25) is 0 Å². The second kappa shape index (κ2) is 5.80. The van der Waals surface area contributed by atoms with Gasteiger partial charge in [-0.2, -0.15) is 0 Å². The Labute approximate surface area is 141 Å². The van der Waals surface area contributed by atoms with Crippen molar-refractivity contribution in [3.63, 3.8) is 0 Å². The Morgan fingerprint density at radius 1 is 1.08 bits per heavy atom. The molecular weight excluding hydrogens is 304 g/mol. The minimum Gasteiger partial charge on any atom is -0.478 e. The summed E-state index contributed by atoms with van der Waals surface area (Å²) in [5.74, 6) is 1.61. The fourth-order valence-electron chi connectivity index (χ4n) is 5.68. The first-order chi connectivity index (χ1) is 11.5. The van der Waals surface area contributed by atoms with Crippen molar-refractivity contribution in [3.05, 3.63) is 29.8 Å². The van der Waals surface area contributed by atoms with Crippen molar-refractivity contribution in [1.82, 2.24) is 5.32 Å². The number of amides is 2. The van der Waals surface area contributed by atoms with Crippen LogP contribution in [-0.4, -0.2) is 23.7 Å². The van der Waals surface area contributed by atoms with Gasteiger partial charge in [0.05, 0.1) is 5.56 Å². The summed E-state index contributed by atoms with van der Waals surface area (Å²) in [6, 6.07) is 6.09. The molecule has 0 heterocycles. The molecular formula is C19H24N2O3. The van der Waals surface area contributed by atoms with E-state index in [-0.39, 0.29) is 11.6 Å². The first kappa shape index (κ1) is 15.5. The first-order valence-corrected chi connectivity index (χ1v) is 8.90. The molecule has 0 atom stereocenters. The molecule has 0 aromatic heterocycles. The summed E-state index contributed by atoms with van der Waals surface area (Å²) in [5, 5.41) is 14.8. The number of nitrogens with one attached hydrogen (secondary N) is 2. The maximum absolute atomic E-state index is 12.2. The molecule has 4 saturated carbocycles. The predicted octanol–water partition coefficient (Wildman–Crippen LogP) is 3.72. The van der Waals surface area contributed by atoms with E-state index in [0.717, 1.165) is 24.3 Å². The zero-order chi connectivity index (χ0) is 16.7. The predicted molar refractivity (Wildman–Crippen MR) is 91.0 cm³/mol. The molecule has 24 heavy (non-hydrogen) atoms. The lowest BCUT2D eigenvalue weighted by Gasteiger charge is -2.56. The second-order valence-corrected chi connectivity index (χ2v) is 8.11. The molecule has 5 heteroatoms. The number of carbonyl (C=O) groups is 2. The molecule has 5 nitrogen and oxygen atoms in total. The Balaban J connectivity index is 1.35. The summed E-state index contributed by atoms with van der Waals surface area (Å²) >= 11 is 0. The Morgan fingerprint density at radius 2 is 1.71 bits per heavy atom. The molecule has 4 bridgehead atoms. The molecule has 4 aliphatic carbocycles. The highest BCUT2D eigenvalue weighted by Crippen LogP contribution is 2.59. The van der Waals surface area contributed by atoms with Gasteiger partial charge in [-0.25, -0.2) is 9.59 Å². The summed E-state index contributed by atoms with van der Waals surface area (Å²) in [6.45, 7) is 0.737. The van der Waals surface area contributed by atoms with E-state index in [2.05, 4.69) is 10.6 Å². The number of aromatic carboxylic acids is 1. The van der Waals surface area contributed by atoms with E-state index in [1.807, 2.05) is 0 Å². The Kier molecular flexibility index (Phi) is 3.74. The van der Waals surface area contributed by atoms with Crippen molar-refractivity contribution >= 4 is 17.7 Å². The molecule has 1 aromatic carbocycles. The van der Waals surface area contributed by atoms with Gasteiger partial charge in [-0.1, -0.05) is 6.07 Å². The number of anilines is 1. The van der Waals surface area contributed by atoms with Crippen LogP contribution in [0.5, 0.6) is 0 Å². The number of hydrogen-bond acceptors (Lipinski definition) is 2.